The van der Waals surface area contributed by atoms with Gasteiger partial charge in [0.1, 0.15) is 5.41 Å². The molecule has 162 valence electrons. The second-order valence-corrected chi connectivity index (χ2v) is 8.02. The summed E-state index contributed by atoms with van der Waals surface area (Å²) < 4.78 is 52.5. The number of aromatic nitrogens is 5. The molecule has 3 aromatic heterocycles. The van der Waals surface area contributed by atoms with Gasteiger partial charge in [-0.3, -0.25) is 9.89 Å². The first-order valence-electron chi connectivity index (χ1n) is 9.06. The van der Waals surface area contributed by atoms with E-state index in [1.54, 1.807) is 17.0 Å². The Morgan fingerprint density at radius 1 is 1.19 bits per heavy atom. The Balaban J connectivity index is 1.70. The Morgan fingerprint density at radius 3 is 2.52 bits per heavy atom. The Hall–Kier alpha value is -3.14. The fourth-order valence-corrected chi connectivity index (χ4v) is 3.55. The molecule has 4 heterocycles. The maximum Gasteiger partial charge on any atom is 0.451 e. The maximum atomic E-state index is 14.4. The third kappa shape index (κ3) is 4.48. The molecule has 4 rings (SSSR count). The molecule has 1 saturated heterocycles. The number of carbonyl (C=O) groups is 1. The van der Waals surface area contributed by atoms with Crippen LogP contribution in [0.15, 0.2) is 36.9 Å². The number of nitrogens with zero attached hydrogens (tertiary/aromatic N) is 5. The van der Waals surface area contributed by atoms with Crippen molar-refractivity contribution in [3.8, 4) is 11.3 Å². The quantitative estimate of drug-likeness (QED) is 0.465. The van der Waals surface area contributed by atoms with Crippen molar-refractivity contribution in [1.82, 2.24) is 25.1 Å². The van der Waals surface area contributed by atoms with Crippen LogP contribution < -0.4 is 10.2 Å². The van der Waals surface area contributed by atoms with Crippen LogP contribution in [0.5, 0.6) is 0 Å². The molecule has 0 aliphatic carbocycles. The van der Waals surface area contributed by atoms with Crippen LogP contribution in [0, 0.1) is 0 Å². The highest BCUT2D eigenvalue weighted by Crippen LogP contribution is 2.40. The molecule has 0 spiro atoms. The Bertz CT molecular complexity index is 1090. The first-order chi connectivity index (χ1) is 14.6. The zero-order valence-electron chi connectivity index (χ0n) is 15.8. The van der Waals surface area contributed by atoms with E-state index in [1.807, 2.05) is 0 Å². The van der Waals surface area contributed by atoms with E-state index in [4.69, 9.17) is 0 Å². The smallest absolute Gasteiger partial charge is 0.351 e. The fourth-order valence-electron chi connectivity index (χ4n) is 3.20. The summed E-state index contributed by atoms with van der Waals surface area (Å²) in [4.78, 5) is 25.2. The van der Waals surface area contributed by atoms with Gasteiger partial charge in [-0.1, -0.05) is 9.24 Å². The monoisotopic (exact) mass is 453 g/mol. The molecule has 1 aliphatic rings. The van der Waals surface area contributed by atoms with Crippen LogP contribution in [0.4, 0.5) is 29.1 Å². The van der Waals surface area contributed by atoms with Gasteiger partial charge in [0.05, 0.1) is 23.5 Å². The molecular formula is C18H16F4N7OP. The molecule has 1 amide bonds. The first-order valence-corrected chi connectivity index (χ1v) is 9.64. The molecule has 1 fully saturated rings. The minimum absolute atomic E-state index is 0.0450. The molecule has 0 radical (unpaired) electrons. The van der Waals surface area contributed by atoms with Gasteiger partial charge in [-0.25, -0.2) is 19.3 Å². The normalized spacial score (nSPS) is 18.9. The van der Waals surface area contributed by atoms with Gasteiger partial charge < -0.3 is 10.2 Å². The molecule has 2 unspecified atom stereocenters. The predicted molar refractivity (Wildman–Crippen MR) is 107 cm³/mol. The lowest BCUT2D eigenvalue weighted by Crippen LogP contribution is -2.26. The van der Waals surface area contributed by atoms with Crippen molar-refractivity contribution in [1.29, 1.82) is 0 Å². The summed E-state index contributed by atoms with van der Waals surface area (Å²) in [7, 11) is 2.17. The number of hydrogen-bond donors (Lipinski definition) is 2. The molecule has 1 aliphatic heterocycles. The highest BCUT2D eigenvalue weighted by atomic mass is 31.0. The van der Waals surface area contributed by atoms with E-state index in [1.165, 1.54) is 12.4 Å². The number of pyridine rings is 1. The van der Waals surface area contributed by atoms with Crippen molar-refractivity contribution in [3.63, 3.8) is 0 Å². The third-order valence-corrected chi connectivity index (χ3v) is 5.15. The van der Waals surface area contributed by atoms with E-state index in [9.17, 15) is 22.4 Å². The minimum atomic E-state index is -4.72. The zero-order chi connectivity index (χ0) is 22.2. The van der Waals surface area contributed by atoms with Crippen molar-refractivity contribution in [2.24, 2.45) is 0 Å². The summed E-state index contributed by atoms with van der Waals surface area (Å²) in [6, 6.07) is 3.31. The lowest BCUT2D eigenvalue weighted by molar-refractivity contribution is -0.145. The predicted octanol–water partition coefficient (Wildman–Crippen LogP) is 3.28. The number of amides is 1. The molecule has 2 atom stereocenters. The van der Waals surface area contributed by atoms with Gasteiger partial charge >= 0.3 is 6.18 Å². The van der Waals surface area contributed by atoms with Gasteiger partial charge in [0.25, 0.3) is 5.91 Å². The van der Waals surface area contributed by atoms with Crippen LogP contribution >= 0.6 is 9.24 Å². The molecule has 31 heavy (non-hydrogen) atoms. The average molecular weight is 453 g/mol. The number of rotatable bonds is 4. The van der Waals surface area contributed by atoms with Gasteiger partial charge in [0, 0.05) is 43.3 Å². The van der Waals surface area contributed by atoms with Crippen molar-refractivity contribution in [2.45, 2.75) is 18.0 Å². The summed E-state index contributed by atoms with van der Waals surface area (Å²) in [6.07, 6.45) is 0.170. The third-order valence-electron chi connectivity index (χ3n) is 4.68. The summed E-state index contributed by atoms with van der Waals surface area (Å²) in [5.41, 5.74) is 1.19. The van der Waals surface area contributed by atoms with Crippen molar-refractivity contribution in [2.75, 3.05) is 23.3 Å². The largest absolute Gasteiger partial charge is 0.451 e. The second-order valence-electron chi connectivity index (χ2n) is 6.98. The van der Waals surface area contributed by atoms with E-state index >= 15 is 0 Å². The second kappa shape index (κ2) is 7.84. The van der Waals surface area contributed by atoms with Crippen molar-refractivity contribution >= 4 is 26.7 Å². The summed E-state index contributed by atoms with van der Waals surface area (Å²) >= 11 is 0. The van der Waals surface area contributed by atoms with Gasteiger partial charge in [-0.15, -0.1) is 0 Å². The Kier molecular flexibility index (Phi) is 5.34. The number of alkyl halides is 4. The SMILES string of the molecule is O=C(Nc1c(-c2ccn[nH]2)ccnc1N1CCC(F)(P)C1)c1cnc(C(F)(F)F)nc1. The number of nitrogens with one attached hydrogen (secondary N) is 2. The fraction of sp³-hybridized carbons (Fsp3) is 0.278. The standard InChI is InChI=1S/C18H16F4N7OP/c19-17(31)3-6-29(9-17)14-13(11(1-4-23-14)12-2-5-26-28-12)27-15(30)10-7-24-16(25-8-10)18(20,21)22/h1-2,4-5,7-8H,3,6,9,31H2,(H,26,28)(H,27,30). The summed E-state index contributed by atoms with van der Waals surface area (Å²) in [5.74, 6) is -1.75. The van der Waals surface area contributed by atoms with Crippen molar-refractivity contribution in [3.05, 3.63) is 48.3 Å². The zero-order valence-corrected chi connectivity index (χ0v) is 17.0. The van der Waals surface area contributed by atoms with E-state index in [2.05, 4.69) is 39.7 Å². The average Bonchev–Trinajstić information content (AvgIpc) is 3.37. The minimum Gasteiger partial charge on any atom is -0.351 e. The van der Waals surface area contributed by atoms with Crippen LogP contribution in [0.1, 0.15) is 22.6 Å². The lowest BCUT2D eigenvalue weighted by atomic mass is 10.1. The number of aromatic amines is 1. The van der Waals surface area contributed by atoms with E-state index in [0.717, 1.165) is 12.4 Å². The van der Waals surface area contributed by atoms with Gasteiger partial charge in [0.15, 0.2) is 5.82 Å². The van der Waals surface area contributed by atoms with Crippen LogP contribution in [0.3, 0.4) is 0 Å². The highest BCUT2D eigenvalue weighted by molar-refractivity contribution is 7.18. The number of halogens is 4. The maximum absolute atomic E-state index is 14.4. The molecule has 8 nitrogen and oxygen atoms in total. The topological polar surface area (TPSA) is 99.7 Å². The molecule has 13 heteroatoms. The van der Waals surface area contributed by atoms with Gasteiger partial charge in [0.2, 0.25) is 5.82 Å². The van der Waals surface area contributed by atoms with E-state index < -0.39 is 23.3 Å². The lowest BCUT2D eigenvalue weighted by Gasteiger charge is -2.23. The molecule has 2 N–H and O–H groups in total. The number of carbonyl (C=O) groups excluding carboxylic acids is 1. The van der Waals surface area contributed by atoms with Crippen LogP contribution in [-0.2, 0) is 6.18 Å². The molecule has 0 bridgehead atoms. The highest BCUT2D eigenvalue weighted by Gasteiger charge is 2.36. The van der Waals surface area contributed by atoms with Crippen LogP contribution in [0.25, 0.3) is 11.3 Å². The first kappa shape index (κ1) is 21.1. The number of anilines is 2. The summed E-state index contributed by atoms with van der Waals surface area (Å²) in [6.45, 7) is 0.412. The summed E-state index contributed by atoms with van der Waals surface area (Å²) in [5, 5.41) is 7.86. The molecule has 0 saturated carbocycles. The van der Waals surface area contributed by atoms with E-state index in [-0.39, 0.29) is 24.2 Å². The number of hydrogen-bond acceptors (Lipinski definition) is 6. The Morgan fingerprint density at radius 2 is 1.94 bits per heavy atom. The molecule has 0 aromatic carbocycles. The van der Waals surface area contributed by atoms with Gasteiger partial charge in [-0.05, 0) is 12.1 Å². The molecule has 3 aromatic rings. The molecular weight excluding hydrogens is 437 g/mol. The van der Waals surface area contributed by atoms with Crippen LogP contribution in [0.2, 0.25) is 0 Å². The Labute approximate surface area is 175 Å². The van der Waals surface area contributed by atoms with E-state index in [0.29, 0.717) is 23.6 Å². The number of H-pyrrole nitrogens is 1. The van der Waals surface area contributed by atoms with Crippen LogP contribution in [-0.4, -0.2) is 49.6 Å². The van der Waals surface area contributed by atoms with Crippen molar-refractivity contribution < 1.29 is 22.4 Å². The van der Waals surface area contributed by atoms with Gasteiger partial charge in [-0.2, -0.15) is 18.3 Å².